The van der Waals surface area contributed by atoms with E-state index in [-0.39, 0.29) is 18.7 Å². The highest BCUT2D eigenvalue weighted by atomic mass is 79.9. The first kappa shape index (κ1) is 16.1. The van der Waals surface area contributed by atoms with Gasteiger partial charge < -0.3 is 9.84 Å². The van der Waals surface area contributed by atoms with E-state index >= 15 is 0 Å². The van der Waals surface area contributed by atoms with Crippen molar-refractivity contribution in [3.8, 4) is 0 Å². The van der Waals surface area contributed by atoms with Crippen LogP contribution in [0.2, 0.25) is 0 Å². The van der Waals surface area contributed by atoms with E-state index in [9.17, 15) is 19.7 Å². The molecule has 108 valence electrons. The largest absolute Gasteiger partial charge is 0.481 e. The van der Waals surface area contributed by atoms with Gasteiger partial charge >= 0.3 is 11.9 Å². The van der Waals surface area contributed by atoms with Gasteiger partial charge in [0.1, 0.15) is 0 Å². The summed E-state index contributed by atoms with van der Waals surface area (Å²) in [5.74, 6) is -3.47. The predicted molar refractivity (Wildman–Crippen MR) is 72.3 cm³/mol. The van der Waals surface area contributed by atoms with Crippen LogP contribution in [0, 0.1) is 16.0 Å². The topological polar surface area (TPSA) is 107 Å². The average Bonchev–Trinajstić information content (AvgIpc) is 2.36. The molecule has 8 heteroatoms. The molecule has 1 aromatic carbocycles. The second kappa shape index (κ2) is 6.99. The highest BCUT2D eigenvalue weighted by Gasteiger charge is 2.28. The minimum atomic E-state index is -1.34. The van der Waals surface area contributed by atoms with Gasteiger partial charge in [0.15, 0.2) is 5.92 Å². The molecule has 0 saturated carbocycles. The van der Waals surface area contributed by atoms with E-state index < -0.39 is 22.8 Å². The van der Waals surface area contributed by atoms with Gasteiger partial charge in [-0.05, 0) is 18.9 Å². The minimum Gasteiger partial charge on any atom is -0.481 e. The van der Waals surface area contributed by atoms with Crippen molar-refractivity contribution < 1.29 is 24.4 Å². The number of nitro groups is 1. The fourth-order valence-corrected chi connectivity index (χ4v) is 2.08. The number of carbonyl (C=O) groups is 2. The van der Waals surface area contributed by atoms with Crippen LogP contribution in [0.25, 0.3) is 0 Å². The number of non-ortho nitro benzene ring substituents is 1. The Balaban J connectivity index is 2.97. The van der Waals surface area contributed by atoms with E-state index in [2.05, 4.69) is 15.9 Å². The van der Waals surface area contributed by atoms with E-state index in [0.29, 0.717) is 10.0 Å². The van der Waals surface area contributed by atoms with Crippen molar-refractivity contribution >= 4 is 33.6 Å². The van der Waals surface area contributed by atoms with E-state index in [1.54, 1.807) is 6.92 Å². The van der Waals surface area contributed by atoms with Crippen LogP contribution in [0.1, 0.15) is 12.5 Å². The number of ether oxygens (including phenoxy) is 1. The number of carboxylic acids is 1. The number of carboxylic acid groups (broad SMARTS) is 1. The van der Waals surface area contributed by atoms with Gasteiger partial charge in [-0.25, -0.2) is 0 Å². The molecule has 0 bridgehead atoms. The van der Waals surface area contributed by atoms with Gasteiger partial charge in [-0.2, -0.15) is 0 Å². The lowest BCUT2D eigenvalue weighted by atomic mass is 9.99. The van der Waals surface area contributed by atoms with Gasteiger partial charge in [0.2, 0.25) is 0 Å². The number of rotatable bonds is 6. The number of nitro benzene ring substituents is 1. The Bertz CT molecular complexity index is 545. The summed E-state index contributed by atoms with van der Waals surface area (Å²) >= 11 is 3.13. The molecule has 0 aliphatic rings. The zero-order valence-corrected chi connectivity index (χ0v) is 12.1. The number of carbonyl (C=O) groups excluding carboxylic acids is 1. The summed E-state index contributed by atoms with van der Waals surface area (Å²) in [4.78, 5) is 32.7. The van der Waals surface area contributed by atoms with Gasteiger partial charge in [-0.15, -0.1) is 0 Å². The molecule has 0 heterocycles. The molecule has 0 amide bonds. The molecule has 20 heavy (non-hydrogen) atoms. The maximum Gasteiger partial charge on any atom is 0.320 e. The summed E-state index contributed by atoms with van der Waals surface area (Å²) in [6.07, 6.45) is -0.104. The number of benzene rings is 1. The first-order valence-electron chi connectivity index (χ1n) is 5.69. The van der Waals surface area contributed by atoms with Crippen molar-refractivity contribution in [1.82, 2.24) is 0 Å². The third-order valence-electron chi connectivity index (χ3n) is 2.54. The predicted octanol–water partition coefficient (Wildman–Crippen LogP) is 2.16. The normalized spacial score (nSPS) is 11.7. The average molecular weight is 346 g/mol. The van der Waals surface area contributed by atoms with Crippen molar-refractivity contribution in [3.63, 3.8) is 0 Å². The number of aliphatic carboxylic acids is 1. The van der Waals surface area contributed by atoms with Gasteiger partial charge in [-0.3, -0.25) is 19.7 Å². The van der Waals surface area contributed by atoms with E-state index in [0.717, 1.165) is 0 Å². The van der Waals surface area contributed by atoms with Crippen LogP contribution in [0.4, 0.5) is 5.69 Å². The molecule has 7 nitrogen and oxygen atoms in total. The smallest absolute Gasteiger partial charge is 0.320 e. The van der Waals surface area contributed by atoms with Gasteiger partial charge in [-0.1, -0.05) is 22.0 Å². The third-order valence-corrected chi connectivity index (χ3v) is 3.28. The summed E-state index contributed by atoms with van der Waals surface area (Å²) in [6, 6.07) is 3.93. The molecule has 1 rings (SSSR count). The molecular formula is C12H12BrNO6. The lowest BCUT2D eigenvalue weighted by molar-refractivity contribution is -0.384. The third kappa shape index (κ3) is 4.02. The zero-order valence-electron chi connectivity index (χ0n) is 10.5. The fraction of sp³-hybridized carbons (Fsp3) is 0.333. The monoisotopic (exact) mass is 345 g/mol. The van der Waals surface area contributed by atoms with Crippen LogP contribution in [0.3, 0.4) is 0 Å². The van der Waals surface area contributed by atoms with Crippen LogP contribution in [-0.2, 0) is 20.7 Å². The van der Waals surface area contributed by atoms with Gasteiger partial charge in [0.05, 0.1) is 11.5 Å². The SMILES string of the molecule is CCOC(=O)C(Cc1ccc([N+](=O)[O-])cc1Br)C(=O)O. The van der Waals surface area contributed by atoms with Crippen molar-refractivity contribution in [2.75, 3.05) is 6.61 Å². The Morgan fingerprint density at radius 2 is 2.15 bits per heavy atom. The lowest BCUT2D eigenvalue weighted by Gasteiger charge is -2.12. The Kier molecular flexibility index (Phi) is 5.63. The molecule has 0 fully saturated rings. The summed E-state index contributed by atoms with van der Waals surface area (Å²) in [7, 11) is 0. The summed E-state index contributed by atoms with van der Waals surface area (Å²) in [5.41, 5.74) is 0.361. The number of halogens is 1. The molecule has 0 aromatic heterocycles. The molecule has 0 radical (unpaired) electrons. The molecule has 1 N–H and O–H groups in total. The first-order chi connectivity index (χ1) is 9.36. The molecular weight excluding hydrogens is 334 g/mol. The molecule has 1 atom stereocenters. The van der Waals surface area contributed by atoms with Crippen molar-refractivity contribution in [2.45, 2.75) is 13.3 Å². The second-order valence-corrected chi connectivity index (χ2v) is 4.73. The van der Waals surface area contributed by atoms with E-state index in [1.165, 1.54) is 18.2 Å². The number of esters is 1. The summed E-state index contributed by atoms with van der Waals surface area (Å²) in [6.45, 7) is 1.67. The maximum atomic E-state index is 11.5. The van der Waals surface area contributed by atoms with E-state index in [1.807, 2.05) is 0 Å². The Labute approximate surface area is 122 Å². The summed E-state index contributed by atoms with van der Waals surface area (Å²) in [5, 5.41) is 19.6. The van der Waals surface area contributed by atoms with Gasteiger partial charge in [0, 0.05) is 16.6 Å². The molecule has 0 aliphatic heterocycles. The minimum absolute atomic E-state index is 0.0873. The van der Waals surface area contributed by atoms with Crippen LogP contribution in [-0.4, -0.2) is 28.6 Å². The molecule has 0 saturated heterocycles. The fourth-order valence-electron chi connectivity index (χ4n) is 1.55. The Hall–Kier alpha value is -1.96. The highest BCUT2D eigenvalue weighted by molar-refractivity contribution is 9.10. The van der Waals surface area contributed by atoms with Crippen LogP contribution in [0.15, 0.2) is 22.7 Å². The maximum absolute atomic E-state index is 11.5. The Morgan fingerprint density at radius 1 is 1.50 bits per heavy atom. The Morgan fingerprint density at radius 3 is 2.60 bits per heavy atom. The molecule has 0 aliphatic carbocycles. The number of nitrogens with zero attached hydrogens (tertiary/aromatic N) is 1. The zero-order chi connectivity index (χ0) is 15.3. The van der Waals surface area contributed by atoms with Gasteiger partial charge in [0.25, 0.3) is 5.69 Å². The number of hydrogen-bond acceptors (Lipinski definition) is 5. The van der Waals surface area contributed by atoms with E-state index in [4.69, 9.17) is 9.84 Å². The summed E-state index contributed by atoms with van der Waals surface area (Å²) < 4.78 is 5.07. The molecule has 1 aromatic rings. The molecule has 0 spiro atoms. The highest BCUT2D eigenvalue weighted by Crippen LogP contribution is 2.25. The second-order valence-electron chi connectivity index (χ2n) is 3.88. The lowest BCUT2D eigenvalue weighted by Crippen LogP contribution is -2.28. The number of hydrogen-bond donors (Lipinski definition) is 1. The quantitative estimate of drug-likeness (QED) is 0.366. The first-order valence-corrected chi connectivity index (χ1v) is 6.48. The van der Waals surface area contributed by atoms with Crippen molar-refractivity contribution in [2.24, 2.45) is 5.92 Å². The van der Waals surface area contributed by atoms with Crippen molar-refractivity contribution in [3.05, 3.63) is 38.3 Å². The van der Waals surface area contributed by atoms with Crippen molar-refractivity contribution in [1.29, 1.82) is 0 Å². The van der Waals surface area contributed by atoms with Crippen LogP contribution in [0.5, 0.6) is 0 Å². The standard InChI is InChI=1S/C12H12BrNO6/c1-2-20-12(17)9(11(15)16)5-7-3-4-8(14(18)19)6-10(7)13/h3-4,6,9H,2,5H2,1H3,(H,15,16). The molecule has 1 unspecified atom stereocenters. The van der Waals surface area contributed by atoms with Crippen LogP contribution < -0.4 is 0 Å². The van der Waals surface area contributed by atoms with Crippen LogP contribution >= 0.6 is 15.9 Å².